The van der Waals surface area contributed by atoms with Crippen molar-refractivity contribution in [2.45, 2.75) is 81.3 Å². The summed E-state index contributed by atoms with van der Waals surface area (Å²) in [5.41, 5.74) is 2.07. The van der Waals surface area contributed by atoms with Crippen LogP contribution in [0.5, 0.6) is 0 Å². The summed E-state index contributed by atoms with van der Waals surface area (Å²) in [6, 6.07) is 5.23. The molecule has 3 rings (SSSR count). The molecule has 2 aliphatic heterocycles. The van der Waals surface area contributed by atoms with E-state index in [1.807, 2.05) is 19.9 Å². The number of hydrogen-bond acceptors (Lipinski definition) is 10. The number of aliphatic hydroxyl groups is 8. The average molecular weight is 507 g/mol. The number of hydrogen-bond donors (Lipinski definition) is 8. The molecular weight excluding hydrogens is 472 g/mol. The highest BCUT2D eigenvalue weighted by molar-refractivity contribution is 5.48. The number of aliphatic hydroxyl groups excluding tert-OH is 8. The molecule has 10 atom stereocenters. The van der Waals surface area contributed by atoms with E-state index in [1.165, 1.54) is 0 Å². The van der Waals surface area contributed by atoms with Crippen molar-refractivity contribution in [3.8, 4) is 23.7 Å². The van der Waals surface area contributed by atoms with Crippen molar-refractivity contribution < 1.29 is 50.3 Å². The third-order valence-electron chi connectivity index (χ3n) is 6.23. The molecule has 1 aromatic carbocycles. The van der Waals surface area contributed by atoms with Crippen LogP contribution >= 0.6 is 0 Å². The summed E-state index contributed by atoms with van der Waals surface area (Å²) in [6.45, 7) is 2.98. The maximum atomic E-state index is 10.2. The van der Waals surface area contributed by atoms with Gasteiger partial charge in [0.15, 0.2) is 0 Å². The van der Waals surface area contributed by atoms with Gasteiger partial charge in [-0.05, 0) is 36.1 Å². The van der Waals surface area contributed by atoms with E-state index >= 15 is 0 Å². The molecule has 2 fully saturated rings. The van der Waals surface area contributed by atoms with Gasteiger partial charge in [0.05, 0.1) is 13.2 Å². The van der Waals surface area contributed by atoms with Crippen molar-refractivity contribution >= 4 is 0 Å². The van der Waals surface area contributed by atoms with Crippen LogP contribution in [0.25, 0.3) is 0 Å². The highest BCUT2D eigenvalue weighted by atomic mass is 16.5. The summed E-state index contributed by atoms with van der Waals surface area (Å²) >= 11 is 0. The van der Waals surface area contributed by atoms with E-state index in [1.54, 1.807) is 12.1 Å². The quantitative estimate of drug-likeness (QED) is 0.200. The van der Waals surface area contributed by atoms with Crippen molar-refractivity contribution in [1.29, 1.82) is 0 Å². The molecule has 36 heavy (non-hydrogen) atoms. The first-order valence-corrected chi connectivity index (χ1v) is 11.8. The lowest BCUT2D eigenvalue weighted by Gasteiger charge is -2.37. The van der Waals surface area contributed by atoms with E-state index in [0.717, 1.165) is 5.56 Å². The molecule has 0 radical (unpaired) electrons. The fraction of sp³-hybridized carbons (Fsp3) is 0.615. The third kappa shape index (κ3) is 6.43. The average Bonchev–Trinajstić information content (AvgIpc) is 2.85. The van der Waals surface area contributed by atoms with Crippen LogP contribution in [0.3, 0.4) is 0 Å². The van der Waals surface area contributed by atoms with Crippen molar-refractivity contribution in [2.75, 3.05) is 13.2 Å². The van der Waals surface area contributed by atoms with Gasteiger partial charge in [0, 0.05) is 11.1 Å². The zero-order valence-electron chi connectivity index (χ0n) is 20.1. The highest BCUT2D eigenvalue weighted by Gasteiger charge is 2.43. The maximum absolute atomic E-state index is 10.2. The summed E-state index contributed by atoms with van der Waals surface area (Å²) in [7, 11) is 0. The molecule has 198 valence electrons. The standard InChI is InChI=1S/C26H34O10/c1-13(2)9-16-10-14(4-7-17-21(29)25(33)23(31)19(11-27)35-17)3-5-15(16)6-8-18-22(30)26(34)24(32)20(12-28)36-18/h3,5,10,13,17-34H,9,11-12H2,1-2H3. The zero-order valence-corrected chi connectivity index (χ0v) is 20.1. The molecule has 10 unspecified atom stereocenters. The topological polar surface area (TPSA) is 180 Å². The van der Waals surface area contributed by atoms with Crippen LogP contribution in [-0.2, 0) is 15.9 Å². The van der Waals surface area contributed by atoms with Gasteiger partial charge in [0.25, 0.3) is 0 Å². The van der Waals surface area contributed by atoms with Gasteiger partial charge in [-0.3, -0.25) is 0 Å². The number of benzene rings is 1. The van der Waals surface area contributed by atoms with Crippen molar-refractivity contribution in [3.05, 3.63) is 34.9 Å². The first-order valence-electron chi connectivity index (χ1n) is 11.8. The second kappa shape index (κ2) is 12.5. The minimum Gasteiger partial charge on any atom is -0.394 e. The van der Waals surface area contributed by atoms with E-state index < -0.39 is 74.3 Å². The second-order valence-electron chi connectivity index (χ2n) is 9.51. The Kier molecular flexibility index (Phi) is 9.86. The molecule has 0 aromatic heterocycles. The molecule has 2 saturated heterocycles. The fourth-order valence-corrected chi connectivity index (χ4v) is 4.15. The lowest BCUT2D eigenvalue weighted by atomic mass is 9.93. The van der Waals surface area contributed by atoms with Gasteiger partial charge in [-0.1, -0.05) is 37.5 Å². The predicted molar refractivity (Wildman–Crippen MR) is 126 cm³/mol. The minimum absolute atomic E-state index is 0.270. The monoisotopic (exact) mass is 506 g/mol. The largest absolute Gasteiger partial charge is 0.394 e. The maximum Gasteiger partial charge on any atom is 0.147 e. The molecular formula is C26H34O10. The Balaban J connectivity index is 1.84. The molecule has 0 bridgehead atoms. The van der Waals surface area contributed by atoms with Crippen molar-refractivity contribution in [3.63, 3.8) is 0 Å². The van der Waals surface area contributed by atoms with E-state index in [0.29, 0.717) is 17.5 Å². The summed E-state index contributed by atoms with van der Waals surface area (Å²) < 4.78 is 10.9. The molecule has 0 saturated carbocycles. The Hall–Kier alpha value is -2.06. The van der Waals surface area contributed by atoms with E-state index in [9.17, 15) is 40.9 Å². The first-order chi connectivity index (χ1) is 17.1. The first kappa shape index (κ1) is 28.5. The Morgan fingerprint density at radius 1 is 0.722 bits per heavy atom. The fourth-order valence-electron chi connectivity index (χ4n) is 4.15. The van der Waals surface area contributed by atoms with Crippen LogP contribution in [0.2, 0.25) is 0 Å². The van der Waals surface area contributed by atoms with Gasteiger partial charge < -0.3 is 50.3 Å². The normalized spacial score (nSPS) is 36.5. The molecule has 2 heterocycles. The summed E-state index contributed by atoms with van der Waals surface area (Å²) in [4.78, 5) is 0. The smallest absolute Gasteiger partial charge is 0.147 e. The van der Waals surface area contributed by atoms with E-state index in [4.69, 9.17) is 9.47 Å². The molecule has 10 heteroatoms. The van der Waals surface area contributed by atoms with Crippen molar-refractivity contribution in [2.24, 2.45) is 5.92 Å². The minimum atomic E-state index is -1.51. The molecule has 0 aliphatic carbocycles. The Morgan fingerprint density at radius 3 is 1.69 bits per heavy atom. The Bertz CT molecular complexity index is 1000. The molecule has 2 aliphatic rings. The van der Waals surface area contributed by atoms with Gasteiger partial charge >= 0.3 is 0 Å². The van der Waals surface area contributed by atoms with E-state index in [-0.39, 0.29) is 5.92 Å². The summed E-state index contributed by atoms with van der Waals surface area (Å²) in [5.74, 6) is 11.6. The number of ether oxygens (including phenoxy) is 2. The highest BCUT2D eigenvalue weighted by Crippen LogP contribution is 2.23. The van der Waals surface area contributed by atoms with Crippen LogP contribution in [0.15, 0.2) is 18.2 Å². The van der Waals surface area contributed by atoms with Gasteiger partial charge in [-0.25, -0.2) is 0 Å². The van der Waals surface area contributed by atoms with Crippen molar-refractivity contribution in [1.82, 2.24) is 0 Å². The summed E-state index contributed by atoms with van der Waals surface area (Å²) in [6.07, 6.45) is -12.5. The molecule has 1 aromatic rings. The van der Waals surface area contributed by atoms with Crippen LogP contribution in [0, 0.1) is 29.6 Å². The lowest BCUT2D eigenvalue weighted by molar-refractivity contribution is -0.214. The Labute approximate surface area is 209 Å². The predicted octanol–water partition coefficient (Wildman–Crippen LogP) is -2.73. The SMILES string of the molecule is CC(C)Cc1cc(C#CC2OC(CO)C(O)C(O)C2O)ccc1C#CC1OC(CO)C(O)C(O)C1O. The van der Waals surface area contributed by atoms with Gasteiger partial charge in [-0.2, -0.15) is 0 Å². The molecule has 0 amide bonds. The molecule has 10 nitrogen and oxygen atoms in total. The van der Waals surface area contributed by atoms with E-state index in [2.05, 4.69) is 23.7 Å². The lowest BCUT2D eigenvalue weighted by Crippen LogP contribution is -2.58. The van der Waals surface area contributed by atoms with Crippen LogP contribution in [0.1, 0.15) is 30.5 Å². The van der Waals surface area contributed by atoms with Gasteiger partial charge in [0.2, 0.25) is 0 Å². The van der Waals surface area contributed by atoms with Gasteiger partial charge in [-0.15, -0.1) is 0 Å². The second-order valence-corrected chi connectivity index (χ2v) is 9.51. The molecule has 0 spiro atoms. The van der Waals surface area contributed by atoms with Crippen LogP contribution in [0.4, 0.5) is 0 Å². The molecule has 8 N–H and O–H groups in total. The number of rotatable bonds is 4. The van der Waals surface area contributed by atoms with Gasteiger partial charge in [0.1, 0.15) is 61.0 Å². The third-order valence-corrected chi connectivity index (χ3v) is 6.23. The summed E-state index contributed by atoms with van der Waals surface area (Å²) in [5, 5.41) is 78.9. The van der Waals surface area contributed by atoms with Crippen LogP contribution < -0.4 is 0 Å². The zero-order chi connectivity index (χ0) is 26.6. The Morgan fingerprint density at radius 2 is 1.22 bits per heavy atom. The van der Waals surface area contributed by atoms with Crippen LogP contribution in [-0.4, -0.2) is 115 Å².